The van der Waals surface area contributed by atoms with Gasteiger partial charge in [-0.15, -0.1) is 0 Å². The van der Waals surface area contributed by atoms with Gasteiger partial charge in [-0.2, -0.15) is 0 Å². The Morgan fingerprint density at radius 3 is 2.61 bits per heavy atom. The Morgan fingerprint density at radius 1 is 1.16 bits per heavy atom. The van der Waals surface area contributed by atoms with E-state index in [0.29, 0.717) is 25.7 Å². The lowest BCUT2D eigenvalue weighted by atomic mass is 9.89. The van der Waals surface area contributed by atoms with Gasteiger partial charge in [-0.3, -0.25) is 4.79 Å². The number of rotatable bonds is 12. The molecule has 5 nitrogen and oxygen atoms in total. The molecule has 1 saturated carbocycles. The third-order valence-corrected chi connectivity index (χ3v) is 5.84. The molecule has 1 aliphatic rings. The molecule has 0 aliphatic heterocycles. The quantitative estimate of drug-likeness (QED) is 0.302. The van der Waals surface area contributed by atoms with Crippen LogP contribution in [0.1, 0.15) is 57.9 Å². The standard InChI is InChI=1S/C26H39NO4/c1-19(2)27-26(31)13-9-4-3-8-12-22-23(25(30)18-24(22)29)17-16-21(28)15-14-20-10-6-5-7-11-20/h3,5-8,10-11,16-17,19,21-25,28-30H,4,9,12-15,18H2,1-2H3,(H,27,31)/b8-3-,17-16+/t21-,22+,23+,24-,25+/m0/s1. The average molecular weight is 430 g/mol. The van der Waals surface area contributed by atoms with E-state index in [9.17, 15) is 20.1 Å². The van der Waals surface area contributed by atoms with Crippen LogP contribution in [0.15, 0.2) is 54.6 Å². The van der Waals surface area contributed by atoms with Crippen molar-refractivity contribution in [1.29, 1.82) is 0 Å². The van der Waals surface area contributed by atoms with Gasteiger partial charge in [0.2, 0.25) is 5.91 Å². The Hall–Kier alpha value is -1.95. The van der Waals surface area contributed by atoms with Crippen LogP contribution in [-0.2, 0) is 11.2 Å². The molecule has 1 fully saturated rings. The first kappa shape index (κ1) is 25.3. The molecular weight excluding hydrogens is 390 g/mol. The second kappa shape index (κ2) is 13.5. The van der Waals surface area contributed by atoms with Crippen molar-refractivity contribution < 1.29 is 20.1 Å². The maximum Gasteiger partial charge on any atom is 0.220 e. The van der Waals surface area contributed by atoms with Crippen LogP contribution in [0.3, 0.4) is 0 Å². The molecule has 0 aromatic heterocycles. The van der Waals surface area contributed by atoms with Gasteiger partial charge in [-0.05, 0) is 57.4 Å². The zero-order valence-electron chi connectivity index (χ0n) is 18.9. The molecule has 31 heavy (non-hydrogen) atoms. The highest BCUT2D eigenvalue weighted by molar-refractivity contribution is 5.76. The van der Waals surface area contributed by atoms with E-state index in [1.54, 1.807) is 6.08 Å². The van der Waals surface area contributed by atoms with E-state index in [1.165, 1.54) is 5.56 Å². The molecule has 0 bridgehead atoms. The predicted octanol–water partition coefficient (Wildman–Crippen LogP) is 3.54. The Kier molecular flexibility index (Phi) is 11.0. The van der Waals surface area contributed by atoms with E-state index in [-0.39, 0.29) is 23.8 Å². The van der Waals surface area contributed by atoms with Gasteiger partial charge >= 0.3 is 0 Å². The van der Waals surface area contributed by atoms with Crippen LogP contribution in [0.2, 0.25) is 0 Å². The molecule has 0 radical (unpaired) electrons. The number of amides is 1. The lowest BCUT2D eigenvalue weighted by molar-refractivity contribution is -0.121. The first-order chi connectivity index (χ1) is 14.9. The number of nitrogens with one attached hydrogen (secondary N) is 1. The Bertz CT molecular complexity index is 701. The summed E-state index contributed by atoms with van der Waals surface area (Å²) in [7, 11) is 0. The smallest absolute Gasteiger partial charge is 0.220 e. The van der Waals surface area contributed by atoms with E-state index < -0.39 is 18.3 Å². The fourth-order valence-corrected chi connectivity index (χ4v) is 4.16. The summed E-state index contributed by atoms with van der Waals surface area (Å²) in [5, 5.41) is 33.9. The van der Waals surface area contributed by atoms with E-state index in [0.717, 1.165) is 19.3 Å². The minimum atomic E-state index is -0.592. The number of aliphatic hydroxyl groups excluding tert-OH is 3. The molecule has 5 heteroatoms. The number of unbranched alkanes of at least 4 members (excludes halogenated alkanes) is 1. The van der Waals surface area contributed by atoms with Gasteiger partial charge in [-0.1, -0.05) is 54.6 Å². The highest BCUT2D eigenvalue weighted by Crippen LogP contribution is 2.36. The molecule has 0 heterocycles. The number of carbonyl (C=O) groups excluding carboxylic acids is 1. The first-order valence-electron chi connectivity index (χ1n) is 11.6. The van der Waals surface area contributed by atoms with Crippen molar-refractivity contribution in [2.24, 2.45) is 11.8 Å². The number of aryl methyl sites for hydroxylation is 1. The molecule has 1 aromatic rings. The fraction of sp³-hybridized carbons (Fsp3) is 0.577. The zero-order chi connectivity index (χ0) is 22.6. The molecule has 1 amide bonds. The van der Waals surface area contributed by atoms with Gasteiger partial charge < -0.3 is 20.6 Å². The highest BCUT2D eigenvalue weighted by Gasteiger charge is 2.39. The lowest BCUT2D eigenvalue weighted by Crippen LogP contribution is -2.29. The van der Waals surface area contributed by atoms with Crippen LogP contribution in [0, 0.1) is 11.8 Å². The minimum Gasteiger partial charge on any atom is -0.393 e. The number of hydrogen-bond donors (Lipinski definition) is 4. The molecule has 1 aromatic carbocycles. The second-order valence-electron chi connectivity index (χ2n) is 8.91. The van der Waals surface area contributed by atoms with Crippen LogP contribution >= 0.6 is 0 Å². The first-order valence-corrected chi connectivity index (χ1v) is 11.6. The summed E-state index contributed by atoms with van der Waals surface area (Å²) in [5.74, 6) is -0.148. The van der Waals surface area contributed by atoms with Crippen molar-refractivity contribution in [3.05, 3.63) is 60.2 Å². The SMILES string of the molecule is CC(C)NC(=O)CCC/C=C\C[C@@H]1[C@@H](/C=C/[C@@H](O)CCc2ccccc2)[C@H](O)C[C@@H]1O. The third kappa shape index (κ3) is 9.38. The number of carbonyl (C=O) groups is 1. The van der Waals surface area contributed by atoms with E-state index in [1.807, 2.05) is 56.3 Å². The van der Waals surface area contributed by atoms with Gasteiger partial charge in [-0.25, -0.2) is 0 Å². The average Bonchev–Trinajstić information content (AvgIpc) is 3.00. The van der Waals surface area contributed by atoms with E-state index >= 15 is 0 Å². The number of allylic oxidation sites excluding steroid dienone is 2. The van der Waals surface area contributed by atoms with Crippen LogP contribution in [0.4, 0.5) is 0 Å². The second-order valence-corrected chi connectivity index (χ2v) is 8.91. The Balaban J connectivity index is 1.77. The van der Waals surface area contributed by atoms with Crippen molar-refractivity contribution in [2.75, 3.05) is 0 Å². The Morgan fingerprint density at radius 2 is 1.90 bits per heavy atom. The zero-order valence-corrected chi connectivity index (χ0v) is 18.9. The summed E-state index contributed by atoms with van der Waals surface area (Å²) in [6.45, 7) is 3.90. The minimum absolute atomic E-state index is 0.0620. The fourth-order valence-electron chi connectivity index (χ4n) is 4.16. The number of aliphatic hydroxyl groups is 3. The summed E-state index contributed by atoms with van der Waals surface area (Å²) in [6.07, 6.45) is 10.6. The molecule has 1 aliphatic carbocycles. The van der Waals surface area contributed by atoms with Gasteiger partial charge in [0, 0.05) is 24.8 Å². The summed E-state index contributed by atoms with van der Waals surface area (Å²) < 4.78 is 0. The molecule has 0 spiro atoms. The predicted molar refractivity (Wildman–Crippen MR) is 124 cm³/mol. The largest absolute Gasteiger partial charge is 0.393 e. The third-order valence-electron chi connectivity index (χ3n) is 5.84. The maximum atomic E-state index is 11.6. The molecule has 172 valence electrons. The van der Waals surface area contributed by atoms with Crippen molar-refractivity contribution in [1.82, 2.24) is 5.32 Å². The van der Waals surface area contributed by atoms with Gasteiger partial charge in [0.15, 0.2) is 0 Å². The van der Waals surface area contributed by atoms with Crippen molar-refractivity contribution >= 4 is 5.91 Å². The summed E-state index contributed by atoms with van der Waals surface area (Å²) in [6, 6.07) is 10.2. The summed E-state index contributed by atoms with van der Waals surface area (Å²) in [4.78, 5) is 11.6. The molecular formula is C26H39NO4. The number of benzene rings is 1. The molecule has 2 rings (SSSR count). The molecule has 0 saturated heterocycles. The van der Waals surface area contributed by atoms with Crippen molar-refractivity contribution in [3.63, 3.8) is 0 Å². The van der Waals surface area contributed by atoms with Gasteiger partial charge in [0.25, 0.3) is 0 Å². The monoisotopic (exact) mass is 429 g/mol. The summed E-state index contributed by atoms with van der Waals surface area (Å²) >= 11 is 0. The lowest BCUT2D eigenvalue weighted by Gasteiger charge is -2.19. The van der Waals surface area contributed by atoms with Crippen LogP contribution in [0.5, 0.6) is 0 Å². The highest BCUT2D eigenvalue weighted by atomic mass is 16.3. The van der Waals surface area contributed by atoms with Crippen LogP contribution < -0.4 is 5.32 Å². The Labute approximate surface area is 186 Å². The van der Waals surface area contributed by atoms with Crippen LogP contribution in [-0.4, -0.2) is 45.6 Å². The molecule has 4 N–H and O–H groups in total. The van der Waals surface area contributed by atoms with Gasteiger partial charge in [0.1, 0.15) is 0 Å². The topological polar surface area (TPSA) is 89.8 Å². The van der Waals surface area contributed by atoms with Crippen molar-refractivity contribution in [3.8, 4) is 0 Å². The van der Waals surface area contributed by atoms with Crippen LogP contribution in [0.25, 0.3) is 0 Å². The molecule has 5 atom stereocenters. The maximum absolute atomic E-state index is 11.6. The van der Waals surface area contributed by atoms with E-state index in [2.05, 4.69) is 11.4 Å². The molecule has 0 unspecified atom stereocenters. The van der Waals surface area contributed by atoms with Gasteiger partial charge in [0.05, 0.1) is 18.3 Å². The van der Waals surface area contributed by atoms with E-state index in [4.69, 9.17) is 0 Å². The normalized spacial score (nSPS) is 25.0. The summed E-state index contributed by atoms with van der Waals surface area (Å²) in [5.41, 5.74) is 1.19. The number of hydrogen-bond acceptors (Lipinski definition) is 4. The van der Waals surface area contributed by atoms with Crippen molar-refractivity contribution in [2.45, 2.75) is 83.1 Å².